The van der Waals surface area contributed by atoms with Crippen molar-refractivity contribution in [1.82, 2.24) is 0 Å². The van der Waals surface area contributed by atoms with Crippen LogP contribution in [-0.2, 0) is 20.7 Å². The molecular formula is C31H41FO8. The highest BCUT2D eigenvalue weighted by atomic mass is 19.1. The number of aliphatic carboxylic acids is 1. The number of carboxylic acid groups (broad SMARTS) is 1. The Morgan fingerprint density at radius 1 is 1.12 bits per heavy atom. The Labute approximate surface area is 235 Å². The van der Waals surface area contributed by atoms with Crippen LogP contribution in [0.15, 0.2) is 30.3 Å². The molecule has 2 atom stereocenters. The van der Waals surface area contributed by atoms with Gasteiger partial charge in [0.25, 0.3) is 0 Å². The molecule has 40 heavy (non-hydrogen) atoms. The Morgan fingerprint density at radius 2 is 1.80 bits per heavy atom. The number of carboxylic acids is 1. The maximum atomic E-state index is 14.0. The smallest absolute Gasteiger partial charge is 0.305 e. The molecule has 2 aromatic rings. The number of methoxy groups -OCH3 is 1. The summed E-state index contributed by atoms with van der Waals surface area (Å²) < 4.78 is 37.4. The summed E-state index contributed by atoms with van der Waals surface area (Å²) in [5, 5.41) is 29.6. The number of aliphatic hydroxyl groups is 2. The molecule has 0 fully saturated rings. The van der Waals surface area contributed by atoms with Gasteiger partial charge in [0, 0.05) is 31.1 Å². The molecule has 8 nitrogen and oxygen atoms in total. The molecule has 0 amide bonds. The number of benzene rings is 2. The monoisotopic (exact) mass is 560 g/mol. The van der Waals surface area contributed by atoms with Crippen molar-refractivity contribution in [1.29, 1.82) is 0 Å². The van der Waals surface area contributed by atoms with Crippen LogP contribution < -0.4 is 9.47 Å². The van der Waals surface area contributed by atoms with Crippen LogP contribution in [0.5, 0.6) is 11.5 Å². The molecular weight excluding hydrogens is 519 g/mol. The topological polar surface area (TPSA) is 115 Å². The first-order chi connectivity index (χ1) is 18.9. The molecule has 0 aromatic heterocycles. The number of hydrogen-bond acceptors (Lipinski definition) is 7. The van der Waals surface area contributed by atoms with E-state index in [0.717, 1.165) is 16.7 Å². The summed E-state index contributed by atoms with van der Waals surface area (Å²) in [5.74, 6) is -0.309. The number of halogens is 1. The zero-order valence-electron chi connectivity index (χ0n) is 23.9. The first kappa shape index (κ1) is 31.5. The van der Waals surface area contributed by atoms with Gasteiger partial charge in [-0.2, -0.15) is 0 Å². The summed E-state index contributed by atoms with van der Waals surface area (Å²) in [4.78, 5) is 10.9. The summed E-state index contributed by atoms with van der Waals surface area (Å²) in [5.41, 5.74) is 3.70. The number of ether oxygens (including phenoxy) is 4. The van der Waals surface area contributed by atoms with Crippen LogP contribution in [0.4, 0.5) is 4.39 Å². The first-order valence-corrected chi connectivity index (χ1v) is 13.6. The number of aliphatic hydroxyl groups excluding tert-OH is 2. The minimum atomic E-state index is -1.19. The van der Waals surface area contributed by atoms with E-state index in [9.17, 15) is 19.4 Å². The van der Waals surface area contributed by atoms with Crippen molar-refractivity contribution in [2.24, 2.45) is 0 Å². The zero-order chi connectivity index (χ0) is 29.4. The van der Waals surface area contributed by atoms with E-state index in [2.05, 4.69) is 13.8 Å². The molecule has 0 bridgehead atoms. The minimum Gasteiger partial charge on any atom is -0.487 e. The summed E-state index contributed by atoms with van der Waals surface area (Å²) in [6.07, 6.45) is 1.10. The molecule has 0 aliphatic carbocycles. The highest BCUT2D eigenvalue weighted by Crippen LogP contribution is 2.53. The molecule has 0 radical (unpaired) electrons. The van der Waals surface area contributed by atoms with Crippen molar-refractivity contribution in [3.63, 3.8) is 0 Å². The zero-order valence-corrected chi connectivity index (χ0v) is 23.9. The van der Waals surface area contributed by atoms with Crippen LogP contribution in [-0.4, -0.2) is 72.6 Å². The molecule has 2 aromatic carbocycles. The fourth-order valence-electron chi connectivity index (χ4n) is 4.98. The molecule has 2 unspecified atom stereocenters. The number of fused-ring (bicyclic) bond motifs is 1. The third kappa shape index (κ3) is 8.27. The lowest BCUT2D eigenvalue weighted by molar-refractivity contribution is -0.139. The fourth-order valence-corrected chi connectivity index (χ4v) is 4.98. The van der Waals surface area contributed by atoms with Gasteiger partial charge in [-0.05, 0) is 48.6 Å². The molecule has 1 aliphatic rings. The largest absolute Gasteiger partial charge is 0.487 e. The molecule has 0 saturated carbocycles. The van der Waals surface area contributed by atoms with Crippen LogP contribution in [0.3, 0.4) is 0 Å². The van der Waals surface area contributed by atoms with E-state index in [1.807, 2.05) is 13.8 Å². The average Bonchev–Trinajstić information content (AvgIpc) is 3.18. The van der Waals surface area contributed by atoms with E-state index in [0.29, 0.717) is 48.9 Å². The summed E-state index contributed by atoms with van der Waals surface area (Å²) >= 11 is 0. The van der Waals surface area contributed by atoms with Crippen LogP contribution in [0.1, 0.15) is 63.1 Å². The molecule has 1 aliphatic heterocycles. The lowest BCUT2D eigenvalue weighted by Gasteiger charge is -2.24. The lowest BCUT2D eigenvalue weighted by Crippen LogP contribution is -2.25. The van der Waals surface area contributed by atoms with Crippen molar-refractivity contribution in [3.05, 3.63) is 52.8 Å². The summed E-state index contributed by atoms with van der Waals surface area (Å²) in [6.45, 7) is 9.62. The summed E-state index contributed by atoms with van der Waals surface area (Å²) in [6, 6.07) is 6.11. The number of rotatable bonds is 15. The van der Waals surface area contributed by atoms with Gasteiger partial charge in [0.2, 0.25) is 0 Å². The van der Waals surface area contributed by atoms with Crippen molar-refractivity contribution < 1.29 is 43.5 Å². The Hall–Kier alpha value is -2.98. The van der Waals surface area contributed by atoms with E-state index < -0.39 is 30.2 Å². The first-order valence-electron chi connectivity index (χ1n) is 13.6. The second-order valence-corrected chi connectivity index (χ2v) is 10.9. The van der Waals surface area contributed by atoms with Gasteiger partial charge in [0.05, 0.1) is 38.4 Å². The van der Waals surface area contributed by atoms with Gasteiger partial charge in [-0.1, -0.05) is 38.1 Å². The summed E-state index contributed by atoms with van der Waals surface area (Å²) in [7, 11) is 1.60. The van der Waals surface area contributed by atoms with Crippen LogP contribution in [0, 0.1) is 5.82 Å². The van der Waals surface area contributed by atoms with Gasteiger partial charge < -0.3 is 34.3 Å². The van der Waals surface area contributed by atoms with Gasteiger partial charge in [-0.3, -0.25) is 4.79 Å². The van der Waals surface area contributed by atoms with Crippen molar-refractivity contribution in [2.45, 2.75) is 70.7 Å². The SMILES string of the molecule is COCCOCCOc1c2c(c(C(C)C)c(/C=C/C(O)CC(O)CC(=O)O)c1-c1ccc(F)cc1)CC(C)(C)O2. The average molecular weight is 561 g/mol. The van der Waals surface area contributed by atoms with Crippen LogP contribution >= 0.6 is 0 Å². The normalized spacial score (nSPS) is 15.7. The van der Waals surface area contributed by atoms with Gasteiger partial charge in [0.1, 0.15) is 18.0 Å². The molecule has 3 rings (SSSR count). The van der Waals surface area contributed by atoms with E-state index >= 15 is 0 Å². The van der Waals surface area contributed by atoms with Crippen LogP contribution in [0.25, 0.3) is 17.2 Å². The number of hydrogen-bond donors (Lipinski definition) is 3. The molecule has 3 N–H and O–H groups in total. The van der Waals surface area contributed by atoms with E-state index in [1.165, 1.54) is 12.1 Å². The van der Waals surface area contributed by atoms with Crippen molar-refractivity contribution >= 4 is 12.0 Å². The van der Waals surface area contributed by atoms with Gasteiger partial charge >= 0.3 is 5.97 Å². The van der Waals surface area contributed by atoms with Gasteiger partial charge in [-0.25, -0.2) is 4.39 Å². The second-order valence-electron chi connectivity index (χ2n) is 10.9. The predicted octanol–water partition coefficient (Wildman–Crippen LogP) is 4.97. The van der Waals surface area contributed by atoms with Crippen LogP contribution in [0.2, 0.25) is 0 Å². The van der Waals surface area contributed by atoms with E-state index in [4.69, 9.17) is 24.1 Å². The molecule has 9 heteroatoms. The number of carbonyl (C=O) groups is 1. The van der Waals surface area contributed by atoms with Crippen molar-refractivity contribution in [3.8, 4) is 22.6 Å². The minimum absolute atomic E-state index is 0.0614. The van der Waals surface area contributed by atoms with Gasteiger partial charge in [-0.15, -0.1) is 0 Å². The lowest BCUT2D eigenvalue weighted by atomic mass is 9.83. The fraction of sp³-hybridized carbons (Fsp3) is 0.516. The predicted molar refractivity (Wildman–Crippen MR) is 150 cm³/mol. The molecule has 0 saturated heterocycles. The maximum Gasteiger partial charge on any atom is 0.305 e. The Morgan fingerprint density at radius 3 is 2.42 bits per heavy atom. The Balaban J connectivity index is 2.15. The standard InChI is InChI=1S/C31H41FO8/c1-19(2)27-24(11-10-22(33)16-23(34)17-26(35)36)28(20-6-8-21(32)9-7-20)30(39-15-14-38-13-12-37-5)29-25(27)18-31(3,4)40-29/h6-11,19,22-23,33-34H,12-18H2,1-5H3,(H,35,36)/b11-10+. The van der Waals surface area contributed by atoms with Crippen molar-refractivity contribution in [2.75, 3.05) is 33.5 Å². The highest BCUT2D eigenvalue weighted by molar-refractivity contribution is 5.87. The maximum absolute atomic E-state index is 14.0. The molecule has 0 spiro atoms. The Kier molecular flexibility index (Phi) is 11.1. The Bertz CT molecular complexity index is 1170. The molecule has 1 heterocycles. The van der Waals surface area contributed by atoms with E-state index in [1.54, 1.807) is 31.4 Å². The third-order valence-corrected chi connectivity index (χ3v) is 6.60. The quantitative estimate of drug-likeness (QED) is 0.262. The highest BCUT2D eigenvalue weighted by Gasteiger charge is 2.38. The van der Waals surface area contributed by atoms with Gasteiger partial charge in [0.15, 0.2) is 11.5 Å². The third-order valence-electron chi connectivity index (χ3n) is 6.60. The van der Waals surface area contributed by atoms with E-state index in [-0.39, 0.29) is 24.8 Å². The second kappa shape index (κ2) is 14.1. The molecule has 220 valence electrons.